The van der Waals surface area contributed by atoms with Crippen LogP contribution in [0, 0.1) is 27.7 Å². The molecule has 108 valence electrons. The van der Waals surface area contributed by atoms with E-state index in [0.717, 1.165) is 37.3 Å². The molecule has 0 atom stereocenters. The molecular weight excluding hydrogens is 248 g/mol. The third-order valence-corrected chi connectivity index (χ3v) is 3.69. The van der Waals surface area contributed by atoms with E-state index in [1.165, 1.54) is 22.4 Å². The summed E-state index contributed by atoms with van der Waals surface area (Å²) in [5.41, 5.74) is 6.17. The fraction of sp³-hybridized carbons (Fsp3) is 0.471. The van der Waals surface area contributed by atoms with Gasteiger partial charge in [-0.2, -0.15) is 5.10 Å². The molecule has 0 aliphatic heterocycles. The van der Waals surface area contributed by atoms with E-state index in [-0.39, 0.29) is 0 Å². The highest BCUT2D eigenvalue weighted by atomic mass is 16.5. The van der Waals surface area contributed by atoms with Crippen molar-refractivity contribution in [3.05, 3.63) is 46.3 Å². The van der Waals surface area contributed by atoms with Crippen LogP contribution in [0.5, 0.6) is 5.75 Å². The van der Waals surface area contributed by atoms with E-state index in [1.54, 1.807) is 0 Å². The maximum absolute atomic E-state index is 5.85. The van der Waals surface area contributed by atoms with E-state index >= 15 is 0 Å². The van der Waals surface area contributed by atoms with Crippen molar-refractivity contribution in [1.29, 1.82) is 0 Å². The van der Waals surface area contributed by atoms with Crippen molar-refractivity contribution in [2.75, 3.05) is 6.61 Å². The van der Waals surface area contributed by atoms with Gasteiger partial charge in [0.05, 0.1) is 12.3 Å². The first-order valence-electron chi connectivity index (χ1n) is 7.28. The molecule has 0 spiro atoms. The Hall–Kier alpha value is -1.77. The van der Waals surface area contributed by atoms with Crippen molar-refractivity contribution >= 4 is 0 Å². The fourth-order valence-corrected chi connectivity index (χ4v) is 2.49. The highest BCUT2D eigenvalue weighted by molar-refractivity contribution is 5.35. The predicted molar refractivity (Wildman–Crippen MR) is 82.4 cm³/mol. The van der Waals surface area contributed by atoms with Crippen molar-refractivity contribution in [2.24, 2.45) is 0 Å². The summed E-state index contributed by atoms with van der Waals surface area (Å²) in [6.45, 7) is 9.12. The van der Waals surface area contributed by atoms with Gasteiger partial charge in [-0.15, -0.1) is 0 Å². The molecule has 2 aromatic rings. The van der Waals surface area contributed by atoms with Crippen molar-refractivity contribution in [2.45, 2.75) is 47.0 Å². The van der Waals surface area contributed by atoms with Gasteiger partial charge in [-0.25, -0.2) is 0 Å². The molecule has 0 bridgehead atoms. The van der Waals surface area contributed by atoms with Crippen molar-refractivity contribution in [3.63, 3.8) is 0 Å². The summed E-state index contributed by atoms with van der Waals surface area (Å²) in [7, 11) is 0. The quantitative estimate of drug-likeness (QED) is 0.806. The van der Waals surface area contributed by atoms with Crippen LogP contribution in [0.25, 0.3) is 0 Å². The normalized spacial score (nSPS) is 10.8. The SMILES string of the molecule is Cc1ccc(OCCCCc2c(C)n[nH]c2C)c(C)c1. The second kappa shape index (κ2) is 6.60. The molecule has 1 aromatic carbocycles. The Balaban J connectivity index is 1.74. The first-order valence-corrected chi connectivity index (χ1v) is 7.28. The second-order valence-electron chi connectivity index (χ2n) is 5.49. The van der Waals surface area contributed by atoms with Gasteiger partial charge in [0, 0.05) is 5.69 Å². The van der Waals surface area contributed by atoms with Crippen LogP contribution < -0.4 is 4.74 Å². The average molecular weight is 272 g/mol. The molecule has 0 aliphatic carbocycles. The number of unbranched alkanes of at least 4 members (excludes halogenated alkanes) is 1. The molecule has 0 unspecified atom stereocenters. The zero-order chi connectivity index (χ0) is 14.5. The number of H-pyrrole nitrogens is 1. The summed E-state index contributed by atoms with van der Waals surface area (Å²) in [6, 6.07) is 6.32. The Morgan fingerprint density at radius 1 is 1.10 bits per heavy atom. The minimum atomic E-state index is 0.778. The van der Waals surface area contributed by atoms with Crippen LogP contribution >= 0.6 is 0 Å². The molecular formula is C17H24N2O. The first-order chi connectivity index (χ1) is 9.58. The van der Waals surface area contributed by atoms with Crippen LogP contribution in [0.1, 0.15) is 40.9 Å². The fourth-order valence-electron chi connectivity index (χ4n) is 2.49. The van der Waals surface area contributed by atoms with Crippen LogP contribution in [0.4, 0.5) is 0 Å². The Kier molecular flexibility index (Phi) is 4.83. The van der Waals surface area contributed by atoms with E-state index in [2.05, 4.69) is 56.1 Å². The highest BCUT2D eigenvalue weighted by Gasteiger charge is 2.05. The topological polar surface area (TPSA) is 37.9 Å². The molecule has 0 radical (unpaired) electrons. The van der Waals surface area contributed by atoms with Gasteiger partial charge in [0.15, 0.2) is 0 Å². The average Bonchev–Trinajstić information content (AvgIpc) is 2.72. The van der Waals surface area contributed by atoms with E-state index in [4.69, 9.17) is 4.74 Å². The molecule has 0 aliphatic rings. The van der Waals surface area contributed by atoms with Gasteiger partial charge in [-0.05, 0) is 64.2 Å². The van der Waals surface area contributed by atoms with Gasteiger partial charge in [0.25, 0.3) is 0 Å². The molecule has 3 heteroatoms. The number of aromatic amines is 1. The number of nitrogens with zero attached hydrogens (tertiary/aromatic N) is 1. The Labute approximate surface area is 121 Å². The monoisotopic (exact) mass is 272 g/mol. The number of rotatable bonds is 6. The van der Waals surface area contributed by atoms with Crippen molar-refractivity contribution in [1.82, 2.24) is 10.2 Å². The maximum Gasteiger partial charge on any atom is 0.122 e. The summed E-state index contributed by atoms with van der Waals surface area (Å²) in [5.74, 6) is 1.01. The number of hydrogen-bond acceptors (Lipinski definition) is 2. The Bertz CT molecular complexity index is 553. The number of ether oxygens (including phenoxy) is 1. The Morgan fingerprint density at radius 3 is 2.55 bits per heavy atom. The molecule has 3 nitrogen and oxygen atoms in total. The van der Waals surface area contributed by atoms with Crippen molar-refractivity contribution in [3.8, 4) is 5.75 Å². The number of aryl methyl sites for hydroxylation is 4. The number of benzene rings is 1. The highest BCUT2D eigenvalue weighted by Crippen LogP contribution is 2.19. The van der Waals surface area contributed by atoms with Gasteiger partial charge in [-0.1, -0.05) is 17.7 Å². The van der Waals surface area contributed by atoms with Crippen LogP contribution in [-0.2, 0) is 6.42 Å². The molecule has 20 heavy (non-hydrogen) atoms. The maximum atomic E-state index is 5.85. The molecule has 1 aromatic heterocycles. The summed E-state index contributed by atoms with van der Waals surface area (Å²) in [5, 5.41) is 7.26. The molecule has 0 saturated carbocycles. The van der Waals surface area contributed by atoms with Gasteiger partial charge in [0.1, 0.15) is 5.75 Å². The second-order valence-corrected chi connectivity index (χ2v) is 5.49. The third kappa shape index (κ3) is 3.62. The van der Waals surface area contributed by atoms with Crippen LogP contribution in [0.3, 0.4) is 0 Å². The molecule has 1 N–H and O–H groups in total. The van der Waals surface area contributed by atoms with Gasteiger partial charge >= 0.3 is 0 Å². The number of nitrogens with one attached hydrogen (secondary N) is 1. The van der Waals surface area contributed by atoms with Crippen LogP contribution in [0.15, 0.2) is 18.2 Å². The molecule has 0 amide bonds. The lowest BCUT2D eigenvalue weighted by molar-refractivity contribution is 0.305. The van der Waals surface area contributed by atoms with Gasteiger partial charge < -0.3 is 4.74 Å². The molecule has 0 saturated heterocycles. The van der Waals surface area contributed by atoms with Gasteiger partial charge in [0.2, 0.25) is 0 Å². The minimum Gasteiger partial charge on any atom is -0.493 e. The van der Waals surface area contributed by atoms with E-state index in [0.29, 0.717) is 0 Å². The summed E-state index contributed by atoms with van der Waals surface area (Å²) >= 11 is 0. The Morgan fingerprint density at radius 2 is 1.90 bits per heavy atom. The zero-order valence-electron chi connectivity index (χ0n) is 12.9. The molecule has 1 heterocycles. The number of hydrogen-bond donors (Lipinski definition) is 1. The van der Waals surface area contributed by atoms with Gasteiger partial charge in [-0.3, -0.25) is 5.10 Å². The van der Waals surface area contributed by atoms with Crippen LogP contribution in [-0.4, -0.2) is 16.8 Å². The summed E-state index contributed by atoms with van der Waals surface area (Å²) in [6.07, 6.45) is 3.27. The minimum absolute atomic E-state index is 0.778. The van der Waals surface area contributed by atoms with Crippen LogP contribution in [0.2, 0.25) is 0 Å². The lowest BCUT2D eigenvalue weighted by Gasteiger charge is -2.09. The van der Waals surface area contributed by atoms with E-state index in [1.807, 2.05) is 0 Å². The first kappa shape index (κ1) is 14.6. The largest absolute Gasteiger partial charge is 0.493 e. The summed E-state index contributed by atoms with van der Waals surface area (Å²) in [4.78, 5) is 0. The molecule has 0 fully saturated rings. The predicted octanol–water partition coefficient (Wildman–Crippen LogP) is 4.05. The smallest absolute Gasteiger partial charge is 0.122 e. The molecule has 2 rings (SSSR count). The third-order valence-electron chi connectivity index (χ3n) is 3.69. The zero-order valence-corrected chi connectivity index (χ0v) is 12.9. The van der Waals surface area contributed by atoms with E-state index < -0.39 is 0 Å². The lowest BCUT2D eigenvalue weighted by atomic mass is 10.1. The number of aromatic nitrogens is 2. The van der Waals surface area contributed by atoms with E-state index in [9.17, 15) is 0 Å². The standard InChI is InChI=1S/C17H24N2O/c1-12-8-9-17(13(2)11-12)20-10-6-5-7-16-14(3)18-19-15(16)4/h8-9,11H,5-7,10H2,1-4H3,(H,18,19). The van der Waals surface area contributed by atoms with Crippen molar-refractivity contribution < 1.29 is 4.74 Å². The lowest BCUT2D eigenvalue weighted by Crippen LogP contribution is -2.00. The summed E-state index contributed by atoms with van der Waals surface area (Å²) < 4.78 is 5.85.